The molecule has 1 aromatic carbocycles. The molecule has 0 saturated heterocycles. The van der Waals surface area contributed by atoms with Crippen LogP contribution in [-0.2, 0) is 0 Å². The van der Waals surface area contributed by atoms with Gasteiger partial charge in [0.15, 0.2) is 0 Å². The zero-order valence-electron chi connectivity index (χ0n) is 11.0. The van der Waals surface area contributed by atoms with Gasteiger partial charge in [0.2, 0.25) is 0 Å². The Morgan fingerprint density at radius 1 is 1.20 bits per heavy atom. The fraction of sp³-hybridized carbons (Fsp3) is 0.143. The number of aryl methyl sites for hydroxylation is 1. The summed E-state index contributed by atoms with van der Waals surface area (Å²) in [6, 6.07) is 6.10. The molecule has 4 nitrogen and oxygen atoms in total. The van der Waals surface area contributed by atoms with Gasteiger partial charge in [0.05, 0.1) is 5.69 Å². The summed E-state index contributed by atoms with van der Waals surface area (Å²) in [4.78, 5) is 16.2. The Kier molecular flexibility index (Phi) is 3.93. The second kappa shape index (κ2) is 5.64. The molecule has 0 atom stereocenters. The summed E-state index contributed by atoms with van der Waals surface area (Å²) in [5.41, 5.74) is 0.920. The van der Waals surface area contributed by atoms with Gasteiger partial charge in [0.1, 0.15) is 17.5 Å². The van der Waals surface area contributed by atoms with E-state index in [1.807, 2.05) is 0 Å². The molecule has 2 N–H and O–H groups in total. The monoisotopic (exact) mass is 277 g/mol. The SMILES string of the molecule is CNc1cc(C(=O)Nc2ccc(F)cc2F)cc(C)n1. The van der Waals surface area contributed by atoms with Crippen molar-refractivity contribution in [1.82, 2.24) is 4.98 Å². The number of hydrogen-bond donors (Lipinski definition) is 2. The van der Waals surface area contributed by atoms with Gasteiger partial charge in [-0.15, -0.1) is 0 Å². The van der Waals surface area contributed by atoms with Crippen molar-refractivity contribution in [2.24, 2.45) is 0 Å². The Bertz CT molecular complexity index is 659. The maximum absolute atomic E-state index is 13.5. The van der Waals surface area contributed by atoms with Crippen LogP contribution in [0.4, 0.5) is 20.3 Å². The molecular weight excluding hydrogens is 264 g/mol. The highest BCUT2D eigenvalue weighted by atomic mass is 19.1. The van der Waals surface area contributed by atoms with E-state index in [4.69, 9.17) is 0 Å². The van der Waals surface area contributed by atoms with Gasteiger partial charge >= 0.3 is 0 Å². The number of benzene rings is 1. The van der Waals surface area contributed by atoms with E-state index in [9.17, 15) is 13.6 Å². The second-order valence-corrected chi connectivity index (χ2v) is 4.21. The number of carbonyl (C=O) groups excluding carboxylic acids is 1. The topological polar surface area (TPSA) is 54.0 Å². The molecule has 0 radical (unpaired) electrons. The fourth-order valence-corrected chi connectivity index (χ4v) is 1.71. The van der Waals surface area contributed by atoms with E-state index in [1.54, 1.807) is 26.1 Å². The summed E-state index contributed by atoms with van der Waals surface area (Å²) >= 11 is 0. The molecule has 20 heavy (non-hydrogen) atoms. The Labute approximate surface area is 114 Å². The van der Waals surface area contributed by atoms with E-state index in [0.29, 0.717) is 23.1 Å². The third-order valence-electron chi connectivity index (χ3n) is 2.65. The molecule has 0 aliphatic carbocycles. The van der Waals surface area contributed by atoms with Crippen LogP contribution in [0.3, 0.4) is 0 Å². The number of anilines is 2. The van der Waals surface area contributed by atoms with Crippen LogP contribution >= 0.6 is 0 Å². The minimum Gasteiger partial charge on any atom is -0.373 e. The zero-order valence-corrected chi connectivity index (χ0v) is 11.0. The number of amides is 1. The number of rotatable bonds is 3. The number of carbonyl (C=O) groups is 1. The van der Waals surface area contributed by atoms with E-state index in [0.717, 1.165) is 6.07 Å². The van der Waals surface area contributed by atoms with Crippen molar-refractivity contribution in [3.8, 4) is 0 Å². The highest BCUT2D eigenvalue weighted by Gasteiger charge is 2.11. The largest absolute Gasteiger partial charge is 0.373 e. The fourth-order valence-electron chi connectivity index (χ4n) is 1.71. The number of hydrogen-bond acceptors (Lipinski definition) is 3. The van der Waals surface area contributed by atoms with Crippen molar-refractivity contribution >= 4 is 17.4 Å². The van der Waals surface area contributed by atoms with Crippen molar-refractivity contribution < 1.29 is 13.6 Å². The summed E-state index contributed by atoms with van der Waals surface area (Å²) < 4.78 is 26.3. The molecule has 0 bridgehead atoms. The van der Waals surface area contributed by atoms with E-state index in [-0.39, 0.29) is 5.69 Å². The first-order chi connectivity index (χ1) is 9.49. The van der Waals surface area contributed by atoms with Crippen molar-refractivity contribution in [2.75, 3.05) is 17.7 Å². The Balaban J connectivity index is 2.26. The van der Waals surface area contributed by atoms with Gasteiger partial charge in [-0.3, -0.25) is 4.79 Å². The average molecular weight is 277 g/mol. The molecule has 2 aromatic rings. The number of nitrogens with one attached hydrogen (secondary N) is 2. The normalized spacial score (nSPS) is 10.2. The molecule has 0 aliphatic heterocycles. The summed E-state index contributed by atoms with van der Waals surface area (Å²) in [6.07, 6.45) is 0. The molecular formula is C14H13F2N3O. The smallest absolute Gasteiger partial charge is 0.255 e. The molecule has 0 aliphatic rings. The lowest BCUT2D eigenvalue weighted by Gasteiger charge is -2.08. The van der Waals surface area contributed by atoms with Gasteiger partial charge in [-0.1, -0.05) is 0 Å². The Hall–Kier alpha value is -2.50. The van der Waals surface area contributed by atoms with Crippen LogP contribution in [0.2, 0.25) is 0 Å². The molecule has 2 rings (SSSR count). The van der Waals surface area contributed by atoms with E-state index in [1.165, 1.54) is 6.07 Å². The van der Waals surface area contributed by atoms with Crippen LogP contribution < -0.4 is 10.6 Å². The number of halogens is 2. The molecule has 0 saturated carbocycles. The van der Waals surface area contributed by atoms with Crippen LogP contribution in [0.1, 0.15) is 16.1 Å². The van der Waals surface area contributed by atoms with Gasteiger partial charge in [-0.25, -0.2) is 13.8 Å². The van der Waals surface area contributed by atoms with Crippen molar-refractivity contribution in [2.45, 2.75) is 6.92 Å². The van der Waals surface area contributed by atoms with Gasteiger partial charge < -0.3 is 10.6 Å². The van der Waals surface area contributed by atoms with Crippen LogP contribution in [-0.4, -0.2) is 17.9 Å². The molecule has 1 heterocycles. The predicted octanol–water partition coefficient (Wildman–Crippen LogP) is 2.96. The standard InChI is InChI=1S/C14H13F2N3O/c1-8-5-9(6-13(17-2)18-8)14(20)19-12-4-3-10(15)7-11(12)16/h3-7H,1-2H3,(H,17,18)(H,19,20). The lowest BCUT2D eigenvalue weighted by Crippen LogP contribution is -2.14. The summed E-state index contributed by atoms with van der Waals surface area (Å²) in [5.74, 6) is -1.47. The van der Waals surface area contributed by atoms with E-state index >= 15 is 0 Å². The highest BCUT2D eigenvalue weighted by molar-refractivity contribution is 6.04. The molecule has 0 fully saturated rings. The first kappa shape index (κ1) is 13.9. The predicted molar refractivity (Wildman–Crippen MR) is 72.8 cm³/mol. The minimum absolute atomic E-state index is 0.0723. The van der Waals surface area contributed by atoms with Crippen molar-refractivity contribution in [3.05, 3.63) is 53.2 Å². The third kappa shape index (κ3) is 3.09. The Morgan fingerprint density at radius 3 is 2.60 bits per heavy atom. The lowest BCUT2D eigenvalue weighted by molar-refractivity contribution is 0.102. The molecule has 0 unspecified atom stereocenters. The zero-order chi connectivity index (χ0) is 14.7. The second-order valence-electron chi connectivity index (χ2n) is 4.21. The van der Waals surface area contributed by atoms with Crippen molar-refractivity contribution in [3.63, 3.8) is 0 Å². The van der Waals surface area contributed by atoms with Gasteiger partial charge in [0, 0.05) is 24.4 Å². The van der Waals surface area contributed by atoms with E-state index < -0.39 is 17.5 Å². The number of nitrogens with zero attached hydrogens (tertiary/aromatic N) is 1. The molecule has 1 aromatic heterocycles. The van der Waals surface area contributed by atoms with E-state index in [2.05, 4.69) is 15.6 Å². The van der Waals surface area contributed by atoms with Gasteiger partial charge in [-0.05, 0) is 31.2 Å². The maximum Gasteiger partial charge on any atom is 0.255 e. The first-order valence-electron chi connectivity index (χ1n) is 5.92. The third-order valence-corrected chi connectivity index (χ3v) is 2.65. The summed E-state index contributed by atoms with van der Waals surface area (Å²) in [5, 5.41) is 5.23. The van der Waals surface area contributed by atoms with Gasteiger partial charge in [-0.2, -0.15) is 0 Å². The van der Waals surface area contributed by atoms with Crippen molar-refractivity contribution in [1.29, 1.82) is 0 Å². The van der Waals surface area contributed by atoms with Gasteiger partial charge in [0.25, 0.3) is 5.91 Å². The quantitative estimate of drug-likeness (QED) is 0.907. The molecule has 0 spiro atoms. The average Bonchev–Trinajstić information content (AvgIpc) is 2.41. The number of aromatic nitrogens is 1. The number of pyridine rings is 1. The highest BCUT2D eigenvalue weighted by Crippen LogP contribution is 2.17. The summed E-state index contributed by atoms with van der Waals surface area (Å²) in [6.45, 7) is 1.75. The van der Waals surface area contributed by atoms with Crippen LogP contribution in [0, 0.1) is 18.6 Å². The first-order valence-corrected chi connectivity index (χ1v) is 5.92. The molecule has 6 heteroatoms. The van der Waals surface area contributed by atoms with Crippen LogP contribution in [0.5, 0.6) is 0 Å². The molecule has 1 amide bonds. The minimum atomic E-state index is -0.821. The van der Waals surface area contributed by atoms with Crippen LogP contribution in [0.15, 0.2) is 30.3 Å². The molecule has 104 valence electrons. The summed E-state index contributed by atoms with van der Waals surface area (Å²) in [7, 11) is 1.68. The lowest BCUT2D eigenvalue weighted by atomic mass is 10.2. The van der Waals surface area contributed by atoms with Crippen LogP contribution in [0.25, 0.3) is 0 Å². The Morgan fingerprint density at radius 2 is 1.95 bits per heavy atom. The maximum atomic E-state index is 13.5.